The second kappa shape index (κ2) is 7.39. The van der Waals surface area contributed by atoms with E-state index in [1.807, 2.05) is 23.1 Å². The van der Waals surface area contributed by atoms with Gasteiger partial charge in [0.05, 0.1) is 18.8 Å². The number of rotatable bonds is 6. The standard InChI is InChI=1S/C19H25N7/c1-23(2)17-13-24(14-18(17)26-11-9-21-22-26)15-19-20-8-10-25(19)12-16-6-4-3-5-7-16/h3-11,17-18H,12-15H2,1-2H3/t17-,18+/m1/s1. The molecule has 7 heteroatoms. The number of nitrogens with zero attached hydrogens (tertiary/aromatic N) is 7. The van der Waals surface area contributed by atoms with Crippen LogP contribution in [0.2, 0.25) is 0 Å². The van der Waals surface area contributed by atoms with Gasteiger partial charge in [-0.25, -0.2) is 9.67 Å². The summed E-state index contributed by atoms with van der Waals surface area (Å²) in [5, 5.41) is 8.21. The maximum atomic E-state index is 4.61. The highest BCUT2D eigenvalue weighted by molar-refractivity contribution is 5.16. The van der Waals surface area contributed by atoms with Gasteiger partial charge in [-0.15, -0.1) is 5.10 Å². The van der Waals surface area contributed by atoms with E-state index >= 15 is 0 Å². The molecule has 3 heterocycles. The molecule has 2 aromatic heterocycles. The molecule has 136 valence electrons. The maximum Gasteiger partial charge on any atom is 0.123 e. The summed E-state index contributed by atoms with van der Waals surface area (Å²) in [7, 11) is 4.27. The summed E-state index contributed by atoms with van der Waals surface area (Å²) in [6, 6.07) is 11.2. The van der Waals surface area contributed by atoms with Gasteiger partial charge in [0.1, 0.15) is 5.82 Å². The lowest BCUT2D eigenvalue weighted by molar-refractivity contribution is 0.236. The summed E-state index contributed by atoms with van der Waals surface area (Å²) >= 11 is 0. The van der Waals surface area contributed by atoms with Gasteiger partial charge in [-0.3, -0.25) is 4.90 Å². The quantitative estimate of drug-likeness (QED) is 0.674. The Labute approximate surface area is 153 Å². The van der Waals surface area contributed by atoms with Crippen molar-refractivity contribution in [3.05, 3.63) is 66.5 Å². The average Bonchev–Trinajstić information content (AvgIpc) is 3.37. The third-order valence-corrected chi connectivity index (χ3v) is 5.14. The molecule has 0 radical (unpaired) electrons. The first-order valence-corrected chi connectivity index (χ1v) is 8.99. The molecule has 4 rings (SSSR count). The van der Waals surface area contributed by atoms with Gasteiger partial charge >= 0.3 is 0 Å². The predicted octanol–water partition coefficient (Wildman–Crippen LogP) is 1.51. The van der Waals surface area contributed by atoms with Gasteiger partial charge in [0.25, 0.3) is 0 Å². The first kappa shape index (κ1) is 16.9. The number of benzene rings is 1. The molecule has 1 aliphatic heterocycles. The Morgan fingerprint density at radius 2 is 1.88 bits per heavy atom. The van der Waals surface area contributed by atoms with Crippen molar-refractivity contribution in [3.63, 3.8) is 0 Å². The van der Waals surface area contributed by atoms with Crippen molar-refractivity contribution in [1.29, 1.82) is 0 Å². The van der Waals surface area contributed by atoms with Crippen LogP contribution in [0.15, 0.2) is 55.1 Å². The lowest BCUT2D eigenvalue weighted by Crippen LogP contribution is -2.36. The summed E-state index contributed by atoms with van der Waals surface area (Å²) < 4.78 is 4.23. The Balaban J connectivity index is 1.47. The maximum absolute atomic E-state index is 4.61. The number of hydrogen-bond acceptors (Lipinski definition) is 5. The lowest BCUT2D eigenvalue weighted by atomic mass is 10.1. The average molecular weight is 351 g/mol. The van der Waals surface area contributed by atoms with Crippen LogP contribution in [-0.4, -0.2) is 67.6 Å². The van der Waals surface area contributed by atoms with Crippen LogP contribution in [0.3, 0.4) is 0 Å². The Kier molecular flexibility index (Phi) is 4.81. The smallest absolute Gasteiger partial charge is 0.123 e. The highest BCUT2D eigenvalue weighted by Crippen LogP contribution is 2.25. The van der Waals surface area contributed by atoms with E-state index in [1.54, 1.807) is 6.20 Å². The molecule has 26 heavy (non-hydrogen) atoms. The summed E-state index contributed by atoms with van der Waals surface area (Å²) in [6.07, 6.45) is 7.67. The van der Waals surface area contributed by atoms with Crippen LogP contribution in [0, 0.1) is 0 Å². The molecule has 0 bridgehead atoms. The first-order valence-electron chi connectivity index (χ1n) is 8.99. The van der Waals surface area contributed by atoms with Crippen molar-refractivity contribution in [2.75, 3.05) is 27.2 Å². The normalized spacial score (nSPS) is 20.9. The molecule has 0 amide bonds. The third kappa shape index (κ3) is 3.54. The van der Waals surface area contributed by atoms with Crippen molar-refractivity contribution in [1.82, 2.24) is 34.3 Å². The Hall–Kier alpha value is -2.51. The Morgan fingerprint density at radius 3 is 2.62 bits per heavy atom. The van der Waals surface area contributed by atoms with Gasteiger partial charge in [-0.1, -0.05) is 35.5 Å². The van der Waals surface area contributed by atoms with Crippen LogP contribution in [0.25, 0.3) is 0 Å². The van der Waals surface area contributed by atoms with Crippen LogP contribution in [0.4, 0.5) is 0 Å². The number of aromatic nitrogens is 5. The van der Waals surface area contributed by atoms with Gasteiger partial charge in [-0.05, 0) is 19.7 Å². The van der Waals surface area contributed by atoms with E-state index in [9.17, 15) is 0 Å². The summed E-state index contributed by atoms with van der Waals surface area (Å²) in [4.78, 5) is 9.35. The van der Waals surface area contributed by atoms with E-state index in [0.29, 0.717) is 12.1 Å². The fourth-order valence-corrected chi connectivity index (χ4v) is 3.75. The number of likely N-dealkylation sites (N-methyl/N-ethyl adjacent to an activating group) is 1. The van der Waals surface area contributed by atoms with Gasteiger partial charge in [0.15, 0.2) is 0 Å². The molecule has 7 nitrogen and oxygen atoms in total. The minimum Gasteiger partial charge on any atom is -0.329 e. The zero-order chi connectivity index (χ0) is 17.9. The number of hydrogen-bond donors (Lipinski definition) is 0. The van der Waals surface area contributed by atoms with Crippen LogP contribution >= 0.6 is 0 Å². The van der Waals surface area contributed by atoms with E-state index in [0.717, 1.165) is 32.0 Å². The Bertz CT molecular complexity index is 810. The van der Waals surface area contributed by atoms with Crippen molar-refractivity contribution < 1.29 is 0 Å². The SMILES string of the molecule is CN(C)[C@@H]1CN(Cc2nccn2Cc2ccccc2)C[C@@H]1n1ccnn1. The van der Waals surface area contributed by atoms with Crippen LogP contribution in [-0.2, 0) is 13.1 Å². The molecule has 1 aromatic carbocycles. The van der Waals surface area contributed by atoms with Crippen molar-refractivity contribution in [2.24, 2.45) is 0 Å². The van der Waals surface area contributed by atoms with Gasteiger partial charge in [0.2, 0.25) is 0 Å². The van der Waals surface area contributed by atoms with Gasteiger partial charge < -0.3 is 9.47 Å². The molecule has 1 saturated heterocycles. The molecule has 3 aromatic rings. The fourth-order valence-electron chi connectivity index (χ4n) is 3.75. The lowest BCUT2D eigenvalue weighted by Gasteiger charge is -2.24. The van der Waals surface area contributed by atoms with Gasteiger partial charge in [0, 0.05) is 44.3 Å². The second-order valence-electron chi connectivity index (χ2n) is 7.13. The molecule has 0 aliphatic carbocycles. The predicted molar refractivity (Wildman–Crippen MR) is 99.6 cm³/mol. The zero-order valence-electron chi connectivity index (χ0n) is 15.3. The van der Waals surface area contributed by atoms with Gasteiger partial charge in [-0.2, -0.15) is 0 Å². The van der Waals surface area contributed by atoms with E-state index in [-0.39, 0.29) is 0 Å². The van der Waals surface area contributed by atoms with Crippen LogP contribution < -0.4 is 0 Å². The molecule has 0 N–H and O–H groups in total. The third-order valence-electron chi connectivity index (χ3n) is 5.14. The topological polar surface area (TPSA) is 55.0 Å². The monoisotopic (exact) mass is 351 g/mol. The van der Waals surface area contributed by atoms with E-state index in [4.69, 9.17) is 0 Å². The minimum atomic E-state index is 0.310. The van der Waals surface area contributed by atoms with E-state index < -0.39 is 0 Å². The van der Waals surface area contributed by atoms with Crippen LogP contribution in [0.1, 0.15) is 17.4 Å². The highest BCUT2D eigenvalue weighted by Gasteiger charge is 2.36. The molecule has 0 saturated carbocycles. The molecular weight excluding hydrogens is 326 g/mol. The first-order chi connectivity index (χ1) is 12.7. The largest absolute Gasteiger partial charge is 0.329 e. The molecule has 1 aliphatic rings. The summed E-state index contributed by atoms with van der Waals surface area (Å²) in [6.45, 7) is 3.64. The molecule has 2 atom stereocenters. The van der Waals surface area contributed by atoms with E-state index in [2.05, 4.69) is 74.2 Å². The van der Waals surface area contributed by atoms with Crippen molar-refractivity contribution >= 4 is 0 Å². The second-order valence-corrected chi connectivity index (χ2v) is 7.13. The molecule has 0 unspecified atom stereocenters. The number of likely N-dealkylation sites (tertiary alicyclic amines) is 1. The van der Waals surface area contributed by atoms with Crippen molar-refractivity contribution in [3.8, 4) is 0 Å². The minimum absolute atomic E-state index is 0.310. The zero-order valence-corrected chi connectivity index (χ0v) is 15.3. The van der Waals surface area contributed by atoms with E-state index in [1.165, 1.54) is 5.56 Å². The summed E-state index contributed by atoms with van der Waals surface area (Å²) in [5.41, 5.74) is 1.29. The Morgan fingerprint density at radius 1 is 1.04 bits per heavy atom. The molecular formula is C19H25N7. The molecule has 1 fully saturated rings. The molecule has 0 spiro atoms. The number of imidazole rings is 1. The van der Waals surface area contributed by atoms with Crippen LogP contribution in [0.5, 0.6) is 0 Å². The highest BCUT2D eigenvalue weighted by atomic mass is 15.5. The fraction of sp³-hybridized carbons (Fsp3) is 0.421. The van der Waals surface area contributed by atoms with Crippen molar-refractivity contribution in [2.45, 2.75) is 25.2 Å². The summed E-state index contributed by atoms with van der Waals surface area (Å²) in [5.74, 6) is 1.10.